The van der Waals surface area contributed by atoms with E-state index >= 15 is 0 Å². The van der Waals surface area contributed by atoms with Crippen LogP contribution in [0.1, 0.15) is 135 Å². The Morgan fingerprint density at radius 3 is 1.35 bits per heavy atom. The Hall–Kier alpha value is -8.40. The van der Waals surface area contributed by atoms with Gasteiger partial charge in [0.2, 0.25) is 0 Å². The van der Waals surface area contributed by atoms with Crippen LogP contribution in [-0.4, -0.2) is 0 Å². The summed E-state index contributed by atoms with van der Waals surface area (Å²) in [5, 5.41) is 7.12. The first kappa shape index (κ1) is 52.9. The highest BCUT2D eigenvalue weighted by Gasteiger charge is 2.50. The highest BCUT2D eigenvalue weighted by Crippen LogP contribution is 2.64. The van der Waals surface area contributed by atoms with Crippen LogP contribution in [-0.2, 0) is 21.7 Å². The summed E-state index contributed by atoms with van der Waals surface area (Å²) in [6.07, 6.45) is 6.65. The molecule has 408 valence electrons. The van der Waals surface area contributed by atoms with Gasteiger partial charge in [-0.3, -0.25) is 0 Å². The first-order chi connectivity index (χ1) is 39.2. The van der Waals surface area contributed by atoms with Crippen LogP contribution in [0.15, 0.2) is 234 Å². The van der Waals surface area contributed by atoms with E-state index in [1.54, 1.807) is 0 Å². The van der Waals surface area contributed by atoms with Crippen LogP contribution in [0.4, 0.5) is 28.4 Å². The molecule has 13 rings (SSSR count). The molecule has 0 bridgehead atoms. The number of hydrogen-bond donors (Lipinski definition) is 0. The number of furan rings is 1. The number of fused-ring (bicyclic) bond motifs is 12. The largest absolute Gasteiger partial charge is 0.454 e. The molecule has 0 spiro atoms. The van der Waals surface area contributed by atoms with E-state index in [1.807, 2.05) is 0 Å². The third kappa shape index (κ3) is 8.69. The minimum Gasteiger partial charge on any atom is -0.454 e. The van der Waals surface area contributed by atoms with Crippen molar-refractivity contribution < 1.29 is 4.42 Å². The molecule has 11 aromatic rings. The summed E-state index contributed by atoms with van der Waals surface area (Å²) in [6, 6.07) is 78.3. The van der Waals surface area contributed by atoms with Crippen LogP contribution in [0.2, 0.25) is 0 Å². The zero-order valence-corrected chi connectivity index (χ0v) is 50.0. The van der Waals surface area contributed by atoms with Crippen LogP contribution in [0.25, 0.3) is 54.6 Å². The van der Waals surface area contributed by atoms with Gasteiger partial charge >= 0.3 is 0 Å². The molecule has 1 heterocycles. The van der Waals surface area contributed by atoms with Crippen LogP contribution in [0.5, 0.6) is 0 Å². The fraction of sp³-hybridized carbons (Fsp3) is 0.241. The van der Waals surface area contributed by atoms with Crippen molar-refractivity contribution >= 4 is 71.9 Å². The second kappa shape index (κ2) is 19.4. The Bertz CT molecular complexity index is 4220. The molecule has 82 heavy (non-hydrogen) atoms. The molecular weight excluding hydrogens is 993 g/mol. The minimum atomic E-state index is -0.786. The second-order valence-corrected chi connectivity index (χ2v) is 27.3. The van der Waals surface area contributed by atoms with Gasteiger partial charge in [0.1, 0.15) is 5.58 Å². The molecule has 1 aromatic heterocycles. The lowest BCUT2D eigenvalue weighted by Gasteiger charge is -2.36. The summed E-state index contributed by atoms with van der Waals surface area (Å²) in [6.45, 7) is 27.6. The SMILES string of the molecule is CC(C)(C)C1=CC=C(N(c2ccc(C(C)(C)C)cc2)c2cc3c(c4c2oc2ccccc24)-c2c(c4ccc(N(c5ccc(C(C)(C)C)cc5)c5ccc(C(C)(C)C)cc5)cc4c4ccccc24)C3(c2ccccc2)c2ccccc2)CC1. The maximum Gasteiger partial charge on any atom is 0.160 e. The van der Waals surface area contributed by atoms with Crippen LogP contribution in [0, 0.1) is 5.41 Å². The molecule has 0 fully saturated rings. The lowest BCUT2D eigenvalue weighted by atomic mass is 9.66. The first-order valence-corrected chi connectivity index (χ1v) is 29.6. The molecule has 0 radical (unpaired) electrons. The predicted octanol–water partition coefficient (Wildman–Crippen LogP) is 22.4. The van der Waals surface area contributed by atoms with Crippen molar-refractivity contribution in [2.24, 2.45) is 5.41 Å². The van der Waals surface area contributed by atoms with Crippen molar-refractivity contribution in [3.05, 3.63) is 269 Å². The van der Waals surface area contributed by atoms with E-state index in [0.717, 1.165) is 63.2 Å². The lowest BCUT2D eigenvalue weighted by molar-refractivity contribution is 0.479. The Morgan fingerprint density at radius 2 is 0.854 bits per heavy atom. The molecule has 0 amide bonds. The van der Waals surface area contributed by atoms with E-state index in [1.165, 1.54) is 82.9 Å². The Labute approximate surface area is 486 Å². The van der Waals surface area contributed by atoms with Crippen LogP contribution >= 0.6 is 0 Å². The fourth-order valence-corrected chi connectivity index (χ4v) is 13.5. The zero-order chi connectivity index (χ0) is 57.1. The van der Waals surface area contributed by atoms with Crippen LogP contribution in [0.3, 0.4) is 0 Å². The number of benzene rings is 10. The number of rotatable bonds is 8. The molecule has 0 unspecified atom stereocenters. The Balaban J connectivity index is 1.16. The summed E-state index contributed by atoms with van der Waals surface area (Å²) in [4.78, 5) is 4.99. The number of allylic oxidation sites excluding steroid dienone is 4. The summed E-state index contributed by atoms with van der Waals surface area (Å²) in [5.74, 6) is 0. The van der Waals surface area contributed by atoms with E-state index in [2.05, 4.69) is 311 Å². The van der Waals surface area contributed by atoms with Crippen molar-refractivity contribution in [3.63, 3.8) is 0 Å². The number of anilines is 5. The molecule has 0 saturated heterocycles. The summed E-state index contributed by atoms with van der Waals surface area (Å²) in [5.41, 5.74) is 20.7. The lowest BCUT2D eigenvalue weighted by Crippen LogP contribution is -2.29. The predicted molar refractivity (Wildman–Crippen MR) is 350 cm³/mol. The molecule has 3 nitrogen and oxygen atoms in total. The summed E-state index contributed by atoms with van der Waals surface area (Å²) in [7, 11) is 0. The maximum atomic E-state index is 7.44. The second-order valence-electron chi connectivity index (χ2n) is 27.3. The molecule has 0 saturated carbocycles. The van der Waals surface area contributed by atoms with Gasteiger partial charge in [0.25, 0.3) is 0 Å². The summed E-state index contributed by atoms with van der Waals surface area (Å²) >= 11 is 0. The van der Waals surface area contributed by atoms with Crippen molar-refractivity contribution in [1.82, 2.24) is 0 Å². The topological polar surface area (TPSA) is 19.6 Å². The third-order valence-corrected chi connectivity index (χ3v) is 17.9. The molecule has 0 atom stereocenters. The van der Waals surface area contributed by atoms with Crippen molar-refractivity contribution in [1.29, 1.82) is 0 Å². The highest BCUT2D eigenvalue weighted by atomic mass is 16.3. The molecule has 0 aliphatic heterocycles. The van der Waals surface area contributed by atoms with Gasteiger partial charge in [-0.15, -0.1) is 0 Å². The number of nitrogens with zero attached hydrogens (tertiary/aromatic N) is 2. The molecule has 2 aliphatic carbocycles. The van der Waals surface area contributed by atoms with Gasteiger partial charge in [0, 0.05) is 39.2 Å². The minimum absolute atomic E-state index is 0.00582. The summed E-state index contributed by atoms with van der Waals surface area (Å²) < 4.78 is 7.44. The maximum absolute atomic E-state index is 7.44. The van der Waals surface area contributed by atoms with Gasteiger partial charge in [0.05, 0.1) is 11.1 Å². The average Bonchev–Trinajstić information content (AvgIpc) is 1.53. The Morgan fingerprint density at radius 1 is 0.378 bits per heavy atom. The van der Waals surface area contributed by atoms with E-state index in [-0.39, 0.29) is 21.7 Å². The molecular formula is C79H76N2O. The quantitative estimate of drug-likeness (QED) is 0.141. The van der Waals surface area contributed by atoms with E-state index < -0.39 is 5.41 Å². The zero-order valence-electron chi connectivity index (χ0n) is 50.0. The van der Waals surface area contributed by atoms with Crippen molar-refractivity contribution in [2.45, 2.75) is 118 Å². The van der Waals surface area contributed by atoms with Gasteiger partial charge in [-0.25, -0.2) is 0 Å². The molecule has 3 heteroatoms. The van der Waals surface area contributed by atoms with Gasteiger partial charge in [0.15, 0.2) is 5.58 Å². The van der Waals surface area contributed by atoms with E-state index in [4.69, 9.17) is 4.42 Å². The smallest absolute Gasteiger partial charge is 0.160 e. The number of para-hydroxylation sites is 1. The van der Waals surface area contributed by atoms with Gasteiger partial charge in [-0.2, -0.15) is 0 Å². The van der Waals surface area contributed by atoms with Crippen molar-refractivity contribution in [2.75, 3.05) is 9.80 Å². The average molecular weight is 1070 g/mol. The van der Waals surface area contributed by atoms with Gasteiger partial charge in [-0.1, -0.05) is 240 Å². The standard InChI is InChI=1S/C79H76N2O/c1-75(2,3)51-31-39-57(40-32-51)80(58-41-33-52(34-42-58)76(4,5)6)61-47-48-64-66(49-61)62-27-19-20-28-63(62)70-72-67(79(73(64)70,55-23-15-13-16-24-55)56-25-17-14-18-26-56)50-68(74-71(72)65-29-21-22-30-69(65)82-74)81(59-43-35-53(36-44-59)77(7,8)9)60-45-37-54(38-46-60)78(10,11)12/h13-37,39-45,47-50H,38,46H2,1-12H3. The highest BCUT2D eigenvalue weighted by molar-refractivity contribution is 6.27. The third-order valence-electron chi connectivity index (χ3n) is 17.9. The van der Waals surface area contributed by atoms with Gasteiger partial charge in [-0.05, 0) is 173 Å². The molecule has 2 aliphatic rings. The monoisotopic (exact) mass is 1070 g/mol. The first-order valence-electron chi connectivity index (χ1n) is 29.6. The Kier molecular flexibility index (Phi) is 12.5. The van der Waals surface area contributed by atoms with Gasteiger partial charge < -0.3 is 14.2 Å². The van der Waals surface area contributed by atoms with Crippen LogP contribution < -0.4 is 9.80 Å². The van der Waals surface area contributed by atoms with E-state index in [0.29, 0.717) is 0 Å². The molecule has 0 N–H and O–H groups in total. The van der Waals surface area contributed by atoms with Crippen molar-refractivity contribution in [3.8, 4) is 11.1 Å². The molecule has 10 aromatic carbocycles. The van der Waals surface area contributed by atoms with E-state index in [9.17, 15) is 0 Å². The number of hydrogen-bond acceptors (Lipinski definition) is 3. The normalized spacial score (nSPS) is 14.5. The fourth-order valence-electron chi connectivity index (χ4n) is 13.5.